The maximum Gasteiger partial charge on any atom is 0.413 e. The number of carbonyl (C=O) groups is 1. The van der Waals surface area contributed by atoms with E-state index < -0.39 is 11.7 Å². The highest BCUT2D eigenvalue weighted by Crippen LogP contribution is 2.33. The molecule has 0 unspecified atom stereocenters. The number of fused-ring (bicyclic) bond motifs is 1. The number of nitrogens with zero attached hydrogens (tertiary/aromatic N) is 1. The van der Waals surface area contributed by atoms with Crippen LogP contribution in [0.3, 0.4) is 0 Å². The summed E-state index contributed by atoms with van der Waals surface area (Å²) in [5.41, 5.74) is 4.09. The number of ether oxygens (including phenoxy) is 2. The Labute approximate surface area is 160 Å². The number of methoxy groups -OCH3 is 1. The molecular weight excluding hydrogens is 340 g/mol. The number of allylic oxidation sites excluding steroid dienone is 1. The van der Waals surface area contributed by atoms with Gasteiger partial charge in [-0.15, -0.1) is 0 Å². The van der Waals surface area contributed by atoms with Gasteiger partial charge in [-0.3, -0.25) is 5.32 Å². The maximum absolute atomic E-state index is 12.0. The molecule has 27 heavy (non-hydrogen) atoms. The predicted molar refractivity (Wildman–Crippen MR) is 107 cm³/mol. The van der Waals surface area contributed by atoms with Gasteiger partial charge in [-0.05, 0) is 86.6 Å². The van der Waals surface area contributed by atoms with E-state index in [1.54, 1.807) is 13.3 Å². The summed E-state index contributed by atoms with van der Waals surface area (Å²) in [6.07, 6.45) is 6.57. The van der Waals surface area contributed by atoms with Crippen molar-refractivity contribution in [2.45, 2.75) is 45.6 Å². The molecule has 0 saturated carbocycles. The van der Waals surface area contributed by atoms with E-state index in [2.05, 4.69) is 28.5 Å². The fourth-order valence-electron chi connectivity index (χ4n) is 3.16. The summed E-state index contributed by atoms with van der Waals surface area (Å²) in [7, 11) is 1.69. The van der Waals surface area contributed by atoms with Crippen LogP contribution in [0.25, 0.3) is 5.57 Å². The van der Waals surface area contributed by atoms with E-state index in [9.17, 15) is 4.79 Å². The highest BCUT2D eigenvalue weighted by atomic mass is 16.6. The van der Waals surface area contributed by atoms with E-state index in [0.717, 1.165) is 36.1 Å². The second kappa shape index (κ2) is 7.82. The molecule has 0 spiro atoms. The molecule has 0 aliphatic heterocycles. The Morgan fingerprint density at radius 2 is 2.00 bits per heavy atom. The van der Waals surface area contributed by atoms with Crippen LogP contribution in [-0.4, -0.2) is 23.8 Å². The average Bonchev–Trinajstić information content (AvgIpc) is 2.82. The number of carbonyl (C=O) groups excluding carboxylic acids is 1. The summed E-state index contributed by atoms with van der Waals surface area (Å²) in [4.78, 5) is 16.3. The Bertz CT molecular complexity index is 866. The zero-order valence-corrected chi connectivity index (χ0v) is 16.3. The Kier molecular flexibility index (Phi) is 5.49. The molecule has 0 bridgehead atoms. The first-order valence-corrected chi connectivity index (χ1v) is 9.19. The molecule has 1 aromatic heterocycles. The van der Waals surface area contributed by atoms with Crippen LogP contribution in [0.5, 0.6) is 5.75 Å². The van der Waals surface area contributed by atoms with Crippen LogP contribution in [0.2, 0.25) is 0 Å². The van der Waals surface area contributed by atoms with Gasteiger partial charge in [0.1, 0.15) is 17.2 Å². The summed E-state index contributed by atoms with van der Waals surface area (Å²) < 4.78 is 10.7. The van der Waals surface area contributed by atoms with E-state index in [1.807, 2.05) is 39.0 Å². The minimum atomic E-state index is -0.552. The number of aryl methyl sites for hydroxylation is 1. The number of anilines is 1. The monoisotopic (exact) mass is 366 g/mol. The average molecular weight is 366 g/mol. The first kappa shape index (κ1) is 19.0. The smallest absolute Gasteiger partial charge is 0.413 e. The second-order valence-electron chi connectivity index (χ2n) is 7.59. The van der Waals surface area contributed by atoms with Gasteiger partial charge in [-0.1, -0.05) is 12.1 Å². The van der Waals surface area contributed by atoms with Gasteiger partial charge in [-0.2, -0.15) is 0 Å². The molecule has 0 saturated heterocycles. The van der Waals surface area contributed by atoms with Crippen LogP contribution in [0.1, 0.15) is 50.3 Å². The van der Waals surface area contributed by atoms with Crippen LogP contribution in [-0.2, 0) is 11.2 Å². The van der Waals surface area contributed by atoms with Gasteiger partial charge in [0.2, 0.25) is 0 Å². The molecule has 1 aliphatic rings. The van der Waals surface area contributed by atoms with E-state index in [1.165, 1.54) is 11.1 Å². The molecule has 5 heteroatoms. The lowest BCUT2D eigenvalue weighted by atomic mass is 9.94. The van der Waals surface area contributed by atoms with Crippen molar-refractivity contribution in [1.82, 2.24) is 4.98 Å². The minimum Gasteiger partial charge on any atom is -0.497 e. The second-order valence-corrected chi connectivity index (χ2v) is 7.59. The van der Waals surface area contributed by atoms with Crippen molar-refractivity contribution in [3.8, 4) is 5.75 Å². The summed E-state index contributed by atoms with van der Waals surface area (Å²) in [6, 6.07) is 10.0. The fraction of sp³-hybridized carbons (Fsp3) is 0.364. The molecule has 0 fully saturated rings. The van der Waals surface area contributed by atoms with Crippen molar-refractivity contribution in [1.29, 1.82) is 0 Å². The third-order valence-electron chi connectivity index (χ3n) is 4.30. The van der Waals surface area contributed by atoms with E-state index >= 15 is 0 Å². The molecule has 0 radical (unpaired) electrons. The number of nitrogens with one attached hydrogen (secondary N) is 1. The first-order chi connectivity index (χ1) is 12.9. The van der Waals surface area contributed by atoms with Crippen LogP contribution in [0.15, 0.2) is 42.6 Å². The SMILES string of the molecule is COc1ccc2c(c1)CCCC=C2c1ccnc(NC(=O)OC(C)(C)C)c1. The van der Waals surface area contributed by atoms with Crippen molar-refractivity contribution in [3.63, 3.8) is 0 Å². The highest BCUT2D eigenvalue weighted by molar-refractivity contribution is 5.87. The molecule has 3 rings (SSSR count). The fourth-order valence-corrected chi connectivity index (χ4v) is 3.16. The van der Waals surface area contributed by atoms with Gasteiger partial charge in [0, 0.05) is 6.20 Å². The van der Waals surface area contributed by atoms with Crippen molar-refractivity contribution in [2.75, 3.05) is 12.4 Å². The van der Waals surface area contributed by atoms with Crippen LogP contribution in [0, 0.1) is 0 Å². The summed E-state index contributed by atoms with van der Waals surface area (Å²) in [5.74, 6) is 1.35. The minimum absolute atomic E-state index is 0.474. The Balaban J connectivity index is 1.89. The van der Waals surface area contributed by atoms with Crippen LogP contribution >= 0.6 is 0 Å². The molecule has 1 aliphatic carbocycles. The molecule has 5 nitrogen and oxygen atoms in total. The Morgan fingerprint density at radius 3 is 2.74 bits per heavy atom. The summed E-state index contributed by atoms with van der Waals surface area (Å²) >= 11 is 0. The predicted octanol–water partition coefficient (Wildman–Crippen LogP) is 5.21. The number of hydrogen-bond donors (Lipinski definition) is 1. The lowest BCUT2D eigenvalue weighted by Gasteiger charge is -2.19. The molecule has 0 atom stereocenters. The summed E-state index contributed by atoms with van der Waals surface area (Å²) in [5, 5.41) is 2.72. The van der Waals surface area contributed by atoms with Crippen molar-refractivity contribution in [2.24, 2.45) is 0 Å². The molecule has 1 amide bonds. The first-order valence-electron chi connectivity index (χ1n) is 9.19. The standard InChI is InChI=1S/C22H26N2O3/c1-22(2,3)27-21(25)24-20-14-16(11-12-23-20)18-8-6-5-7-15-13-17(26-4)9-10-19(15)18/h8-14H,5-7H2,1-4H3,(H,23,24,25). The van der Waals surface area contributed by atoms with E-state index in [0.29, 0.717) is 5.82 Å². The number of hydrogen-bond acceptors (Lipinski definition) is 4. The van der Waals surface area contributed by atoms with Crippen molar-refractivity contribution >= 4 is 17.5 Å². The van der Waals surface area contributed by atoms with Gasteiger partial charge in [0.05, 0.1) is 7.11 Å². The lowest BCUT2D eigenvalue weighted by molar-refractivity contribution is 0.0635. The van der Waals surface area contributed by atoms with Crippen molar-refractivity contribution in [3.05, 3.63) is 59.3 Å². The van der Waals surface area contributed by atoms with Crippen LogP contribution in [0.4, 0.5) is 10.6 Å². The Hall–Kier alpha value is -2.82. The largest absolute Gasteiger partial charge is 0.497 e. The molecule has 1 aromatic carbocycles. The number of benzene rings is 1. The zero-order chi connectivity index (χ0) is 19.4. The third kappa shape index (κ3) is 4.88. The normalized spacial score (nSPS) is 13.9. The highest BCUT2D eigenvalue weighted by Gasteiger charge is 2.18. The van der Waals surface area contributed by atoms with Gasteiger partial charge in [0.25, 0.3) is 0 Å². The number of rotatable bonds is 3. The molecular formula is C22H26N2O3. The van der Waals surface area contributed by atoms with Crippen molar-refractivity contribution < 1.29 is 14.3 Å². The molecule has 1 N–H and O–H groups in total. The molecule has 142 valence electrons. The maximum atomic E-state index is 12.0. The van der Waals surface area contributed by atoms with Gasteiger partial charge in [0.15, 0.2) is 0 Å². The van der Waals surface area contributed by atoms with E-state index in [4.69, 9.17) is 9.47 Å². The molecule has 2 aromatic rings. The number of aromatic nitrogens is 1. The lowest BCUT2D eigenvalue weighted by Crippen LogP contribution is -2.27. The van der Waals surface area contributed by atoms with E-state index in [-0.39, 0.29) is 0 Å². The number of amides is 1. The Morgan fingerprint density at radius 1 is 1.19 bits per heavy atom. The quantitative estimate of drug-likeness (QED) is 0.810. The van der Waals surface area contributed by atoms with Gasteiger partial charge < -0.3 is 9.47 Å². The number of pyridine rings is 1. The van der Waals surface area contributed by atoms with Crippen LogP contribution < -0.4 is 10.1 Å². The van der Waals surface area contributed by atoms with Gasteiger partial charge >= 0.3 is 6.09 Å². The van der Waals surface area contributed by atoms with Gasteiger partial charge in [-0.25, -0.2) is 9.78 Å². The molecule has 1 heterocycles. The third-order valence-corrected chi connectivity index (χ3v) is 4.30. The summed E-state index contributed by atoms with van der Waals surface area (Å²) in [6.45, 7) is 5.49. The zero-order valence-electron chi connectivity index (χ0n) is 16.3. The topological polar surface area (TPSA) is 60.5 Å².